The van der Waals surface area contributed by atoms with Crippen LogP contribution >= 0.6 is 34.0 Å². The van der Waals surface area contributed by atoms with Gasteiger partial charge in [-0.15, -0.1) is 0 Å². The summed E-state index contributed by atoms with van der Waals surface area (Å²) < 4.78 is 62.8. The standard InChI is InChI=1S/C6BrCl2F5Ge/c7-15(8,9)6-4(13)2(11)1(10)3(12)5(6)14. The van der Waals surface area contributed by atoms with Crippen molar-refractivity contribution < 1.29 is 22.0 Å². The van der Waals surface area contributed by atoms with Crippen LogP contribution in [0.4, 0.5) is 22.0 Å². The number of hydrogen-bond acceptors (Lipinski definition) is 0. The second-order valence-corrected chi connectivity index (χ2v) is 23.4. The molecule has 0 N–H and O–H groups in total. The zero-order valence-corrected chi connectivity index (χ0v) is 11.7. The number of halogens is 8. The summed E-state index contributed by atoms with van der Waals surface area (Å²) in [7, 11) is 6.44. The van der Waals surface area contributed by atoms with Crippen molar-refractivity contribution in [2.75, 3.05) is 0 Å². The third kappa shape index (κ3) is 2.42. The summed E-state index contributed by atoms with van der Waals surface area (Å²) in [5.41, 5.74) is 0. The molecule has 0 aliphatic heterocycles. The molecule has 1 rings (SSSR count). The van der Waals surface area contributed by atoms with Crippen molar-refractivity contribution in [2.45, 2.75) is 0 Å². The quantitative estimate of drug-likeness (QED) is 0.298. The number of hydrogen-bond donors (Lipinski definition) is 0. The molecule has 0 nitrogen and oxygen atoms in total. The van der Waals surface area contributed by atoms with Crippen LogP contribution in [0.3, 0.4) is 0 Å². The topological polar surface area (TPSA) is 0 Å². The molecule has 84 valence electrons. The van der Waals surface area contributed by atoms with Gasteiger partial charge in [-0.3, -0.25) is 0 Å². The molecule has 0 radical (unpaired) electrons. The van der Waals surface area contributed by atoms with Gasteiger partial charge in [0.25, 0.3) is 0 Å². The van der Waals surface area contributed by atoms with Gasteiger partial charge in [0, 0.05) is 0 Å². The third-order valence-corrected chi connectivity index (χ3v) is 7.63. The average Bonchev–Trinajstić information content (AvgIpc) is 2.09. The van der Waals surface area contributed by atoms with Crippen LogP contribution in [-0.4, -0.2) is 9.57 Å². The van der Waals surface area contributed by atoms with Gasteiger partial charge in [-0.05, 0) is 0 Å². The molecule has 1 aromatic carbocycles. The number of benzene rings is 1. The Balaban J connectivity index is 3.68. The Morgan fingerprint density at radius 2 is 1.00 bits per heavy atom. The van der Waals surface area contributed by atoms with Gasteiger partial charge in [-0.1, -0.05) is 0 Å². The van der Waals surface area contributed by atoms with Crippen molar-refractivity contribution in [1.82, 2.24) is 0 Å². The Morgan fingerprint density at radius 3 is 1.27 bits per heavy atom. The van der Waals surface area contributed by atoms with Crippen molar-refractivity contribution in [3.63, 3.8) is 0 Å². The summed E-state index contributed by atoms with van der Waals surface area (Å²) in [4.78, 5) is 0. The first-order valence-electron chi connectivity index (χ1n) is 3.26. The van der Waals surface area contributed by atoms with Crippen LogP contribution < -0.4 is 4.40 Å². The van der Waals surface area contributed by atoms with Crippen LogP contribution in [0.1, 0.15) is 0 Å². The molecule has 0 atom stereocenters. The molecule has 1 aromatic rings. The van der Waals surface area contributed by atoms with Gasteiger partial charge >= 0.3 is 99.0 Å². The van der Waals surface area contributed by atoms with Crippen LogP contribution in [0.2, 0.25) is 0 Å². The molecule has 0 aliphatic carbocycles. The van der Waals surface area contributed by atoms with Crippen molar-refractivity contribution >= 4 is 48.0 Å². The zero-order valence-electron chi connectivity index (χ0n) is 6.52. The monoisotopic (exact) mass is 390 g/mol. The molecule has 0 saturated heterocycles. The van der Waals surface area contributed by atoms with E-state index in [-0.39, 0.29) is 0 Å². The van der Waals surface area contributed by atoms with Gasteiger partial charge in [-0.25, -0.2) is 0 Å². The van der Waals surface area contributed by atoms with E-state index in [1.807, 2.05) is 0 Å². The average molecular weight is 390 g/mol. The number of rotatable bonds is 1. The molecule has 0 aliphatic rings. The Hall–Kier alpha value is 0.473. The maximum atomic E-state index is 13.0. The minimum atomic E-state index is -4.36. The van der Waals surface area contributed by atoms with Crippen LogP contribution in [0, 0.1) is 29.1 Å². The third-order valence-electron chi connectivity index (χ3n) is 1.49. The van der Waals surface area contributed by atoms with E-state index in [1.54, 1.807) is 0 Å². The van der Waals surface area contributed by atoms with Gasteiger partial charge in [0.15, 0.2) is 0 Å². The first-order chi connectivity index (χ1) is 6.68. The molecule has 15 heavy (non-hydrogen) atoms. The van der Waals surface area contributed by atoms with E-state index in [0.29, 0.717) is 0 Å². The second kappa shape index (κ2) is 4.39. The molecule has 0 aromatic heterocycles. The SMILES string of the molecule is Fc1c(F)c(F)[c]([Ge]([Cl])([Cl])[Br])c(F)c1F. The molecule has 0 spiro atoms. The fraction of sp³-hybridized carbons (Fsp3) is 0. The van der Waals surface area contributed by atoms with E-state index in [2.05, 4.69) is 14.0 Å². The second-order valence-electron chi connectivity index (χ2n) is 2.44. The molecule has 0 heterocycles. The van der Waals surface area contributed by atoms with Crippen LogP contribution in [-0.2, 0) is 0 Å². The summed E-state index contributed by atoms with van der Waals surface area (Å²) in [6.45, 7) is 0. The van der Waals surface area contributed by atoms with Crippen molar-refractivity contribution in [3.05, 3.63) is 29.1 Å². The van der Waals surface area contributed by atoms with Gasteiger partial charge < -0.3 is 0 Å². The molecule has 0 fully saturated rings. The van der Waals surface area contributed by atoms with Crippen molar-refractivity contribution in [1.29, 1.82) is 0 Å². The summed E-state index contributed by atoms with van der Waals surface area (Å²) >= 11 is 2.56. The van der Waals surface area contributed by atoms with E-state index in [0.717, 1.165) is 0 Å². The van der Waals surface area contributed by atoms with Crippen LogP contribution in [0.15, 0.2) is 0 Å². The summed E-state index contributed by atoms with van der Waals surface area (Å²) in [5, 5.41) is 0. The Labute approximate surface area is 98.7 Å². The molecule has 0 saturated carbocycles. The fourth-order valence-corrected chi connectivity index (χ4v) is 5.89. The summed E-state index contributed by atoms with van der Waals surface area (Å²) in [5.74, 6) is -10.3. The first kappa shape index (κ1) is 13.5. The van der Waals surface area contributed by atoms with Gasteiger partial charge in [0.2, 0.25) is 0 Å². The van der Waals surface area contributed by atoms with Crippen molar-refractivity contribution in [3.8, 4) is 0 Å². The Morgan fingerprint density at radius 1 is 0.733 bits per heavy atom. The summed E-state index contributed by atoms with van der Waals surface area (Å²) in [6, 6.07) is 0. The Kier molecular flexibility index (Phi) is 3.96. The maximum absolute atomic E-state index is 13.0. The van der Waals surface area contributed by atoms with E-state index in [1.165, 1.54) is 0 Å². The van der Waals surface area contributed by atoms with Gasteiger partial charge in [0.05, 0.1) is 0 Å². The van der Waals surface area contributed by atoms with Gasteiger partial charge in [-0.2, -0.15) is 0 Å². The molecular formula is C6BrCl2F5Ge. The summed E-state index contributed by atoms with van der Waals surface area (Å²) in [6.07, 6.45) is 0. The van der Waals surface area contributed by atoms with E-state index in [4.69, 9.17) is 20.0 Å². The van der Waals surface area contributed by atoms with E-state index >= 15 is 0 Å². The van der Waals surface area contributed by atoms with E-state index in [9.17, 15) is 22.0 Å². The fourth-order valence-electron chi connectivity index (χ4n) is 0.854. The van der Waals surface area contributed by atoms with Crippen molar-refractivity contribution in [2.24, 2.45) is 0 Å². The molecular weight excluding hydrogens is 390 g/mol. The molecule has 0 bridgehead atoms. The normalized spacial score (nSPS) is 12.0. The van der Waals surface area contributed by atoms with Crippen LogP contribution in [0.25, 0.3) is 0 Å². The van der Waals surface area contributed by atoms with Gasteiger partial charge in [0.1, 0.15) is 0 Å². The molecule has 0 unspecified atom stereocenters. The predicted molar refractivity (Wildman–Crippen MR) is 52.3 cm³/mol. The zero-order chi connectivity index (χ0) is 12.0. The van der Waals surface area contributed by atoms with Crippen LogP contribution in [0.5, 0.6) is 0 Å². The Bertz CT molecular complexity index is 390. The van der Waals surface area contributed by atoms with E-state index < -0.39 is 43.0 Å². The predicted octanol–water partition coefficient (Wildman–Crippen LogP) is 3.40. The minimum absolute atomic E-state index is 1.16. The molecule has 9 heteroatoms. The molecule has 0 amide bonds. The first-order valence-corrected chi connectivity index (χ1v) is 14.7.